The normalized spacial score (nSPS) is 10.5. The van der Waals surface area contributed by atoms with E-state index in [4.69, 9.17) is 5.73 Å². The molecule has 0 fully saturated rings. The Bertz CT molecular complexity index is 258. The van der Waals surface area contributed by atoms with Crippen LogP contribution in [0.5, 0.6) is 0 Å². The van der Waals surface area contributed by atoms with Gasteiger partial charge in [-0.1, -0.05) is 13.8 Å². The lowest BCUT2D eigenvalue weighted by Crippen LogP contribution is -1.95. The summed E-state index contributed by atoms with van der Waals surface area (Å²) in [4.78, 5) is 4.18. The molecule has 2 nitrogen and oxygen atoms in total. The van der Waals surface area contributed by atoms with Crippen molar-refractivity contribution in [1.82, 2.24) is 4.98 Å². The highest BCUT2D eigenvalue weighted by Crippen LogP contribution is 2.21. The van der Waals surface area contributed by atoms with Crippen LogP contribution in [0.2, 0.25) is 0 Å². The number of nitrogens with two attached hydrogens (primary N) is 1. The van der Waals surface area contributed by atoms with E-state index in [-0.39, 0.29) is 0 Å². The van der Waals surface area contributed by atoms with Gasteiger partial charge >= 0.3 is 0 Å². The minimum atomic E-state index is 0.451. The summed E-state index contributed by atoms with van der Waals surface area (Å²) in [6, 6.07) is 1.96. The molecule has 1 aromatic heterocycles. The zero-order valence-corrected chi connectivity index (χ0v) is 8.22. The van der Waals surface area contributed by atoms with E-state index in [1.165, 1.54) is 0 Å². The maximum Gasteiger partial charge on any atom is 0.0645 e. The standard InChI is InChI=1S/C8H11BrN2/c1-5(2)8-3-6(9)7(10)4-11-8/h3-5H,10H2,1-2H3. The summed E-state index contributed by atoms with van der Waals surface area (Å²) in [6.07, 6.45) is 1.68. The first-order chi connectivity index (χ1) is 5.11. The molecule has 1 aromatic rings. The first-order valence-electron chi connectivity index (χ1n) is 3.52. The van der Waals surface area contributed by atoms with E-state index in [1.54, 1.807) is 6.20 Å². The molecule has 1 heterocycles. The van der Waals surface area contributed by atoms with E-state index < -0.39 is 0 Å². The predicted molar refractivity (Wildman–Crippen MR) is 50.4 cm³/mol. The number of rotatable bonds is 1. The van der Waals surface area contributed by atoms with Crippen molar-refractivity contribution in [2.24, 2.45) is 0 Å². The zero-order valence-electron chi connectivity index (χ0n) is 6.63. The highest BCUT2D eigenvalue weighted by atomic mass is 79.9. The topological polar surface area (TPSA) is 38.9 Å². The molecule has 0 aromatic carbocycles. The number of pyridine rings is 1. The van der Waals surface area contributed by atoms with Gasteiger partial charge in [-0.25, -0.2) is 0 Å². The van der Waals surface area contributed by atoms with Crippen LogP contribution in [-0.2, 0) is 0 Å². The quantitative estimate of drug-likeness (QED) is 0.781. The molecule has 0 saturated heterocycles. The van der Waals surface area contributed by atoms with Crippen LogP contribution in [0.15, 0.2) is 16.7 Å². The molecule has 0 unspecified atom stereocenters. The van der Waals surface area contributed by atoms with E-state index in [2.05, 4.69) is 34.8 Å². The molecule has 1 rings (SSSR count). The predicted octanol–water partition coefficient (Wildman–Crippen LogP) is 2.55. The van der Waals surface area contributed by atoms with Gasteiger partial charge in [0.1, 0.15) is 0 Å². The summed E-state index contributed by atoms with van der Waals surface area (Å²) in [6.45, 7) is 4.20. The van der Waals surface area contributed by atoms with Crippen LogP contribution in [0.3, 0.4) is 0 Å². The second-order valence-corrected chi connectivity index (χ2v) is 3.64. The molecule has 0 spiro atoms. The molecule has 0 aliphatic carbocycles. The molecular weight excluding hydrogens is 204 g/mol. The maximum atomic E-state index is 5.58. The molecule has 11 heavy (non-hydrogen) atoms. The molecule has 3 heteroatoms. The minimum Gasteiger partial charge on any atom is -0.397 e. The van der Waals surface area contributed by atoms with Crippen LogP contribution in [0.1, 0.15) is 25.5 Å². The third-order valence-corrected chi connectivity index (χ3v) is 2.18. The Morgan fingerprint density at radius 1 is 1.55 bits per heavy atom. The Balaban J connectivity index is 3.05. The summed E-state index contributed by atoms with van der Waals surface area (Å²) in [5.41, 5.74) is 7.33. The summed E-state index contributed by atoms with van der Waals surface area (Å²) >= 11 is 3.35. The molecule has 2 N–H and O–H groups in total. The summed E-state index contributed by atoms with van der Waals surface area (Å²) in [5, 5.41) is 0. The third-order valence-electron chi connectivity index (χ3n) is 1.49. The number of hydrogen-bond acceptors (Lipinski definition) is 2. The highest BCUT2D eigenvalue weighted by molar-refractivity contribution is 9.10. The Hall–Kier alpha value is -0.570. The van der Waals surface area contributed by atoms with Gasteiger partial charge in [-0.2, -0.15) is 0 Å². The van der Waals surface area contributed by atoms with Crippen molar-refractivity contribution in [2.45, 2.75) is 19.8 Å². The Labute approximate surface area is 75.0 Å². The number of nitrogen functional groups attached to an aromatic ring is 1. The van der Waals surface area contributed by atoms with Crippen LogP contribution in [0.4, 0.5) is 5.69 Å². The van der Waals surface area contributed by atoms with Crippen LogP contribution in [0, 0.1) is 0 Å². The molecule has 0 atom stereocenters. The van der Waals surface area contributed by atoms with Crippen molar-refractivity contribution >= 4 is 21.6 Å². The average Bonchev–Trinajstić information content (AvgIpc) is 1.94. The number of halogens is 1. The van der Waals surface area contributed by atoms with Crippen LogP contribution < -0.4 is 5.73 Å². The molecule has 0 radical (unpaired) electrons. The van der Waals surface area contributed by atoms with Gasteiger partial charge < -0.3 is 5.73 Å². The Morgan fingerprint density at radius 2 is 2.18 bits per heavy atom. The maximum absolute atomic E-state index is 5.58. The smallest absolute Gasteiger partial charge is 0.0645 e. The Morgan fingerprint density at radius 3 is 2.64 bits per heavy atom. The number of nitrogens with zero attached hydrogens (tertiary/aromatic N) is 1. The number of hydrogen-bond donors (Lipinski definition) is 1. The third kappa shape index (κ3) is 1.93. The van der Waals surface area contributed by atoms with Gasteiger partial charge in [0, 0.05) is 10.2 Å². The van der Waals surface area contributed by atoms with Crippen molar-refractivity contribution < 1.29 is 0 Å². The van der Waals surface area contributed by atoms with Crippen LogP contribution in [-0.4, -0.2) is 4.98 Å². The van der Waals surface area contributed by atoms with E-state index in [0.717, 1.165) is 10.2 Å². The monoisotopic (exact) mass is 214 g/mol. The molecule has 0 aliphatic rings. The van der Waals surface area contributed by atoms with E-state index in [9.17, 15) is 0 Å². The summed E-state index contributed by atoms with van der Waals surface area (Å²) in [5.74, 6) is 0.451. The van der Waals surface area contributed by atoms with Crippen molar-refractivity contribution in [2.75, 3.05) is 5.73 Å². The van der Waals surface area contributed by atoms with Gasteiger partial charge in [-0.15, -0.1) is 0 Å². The molecule has 0 bridgehead atoms. The van der Waals surface area contributed by atoms with Crippen molar-refractivity contribution in [3.63, 3.8) is 0 Å². The molecule has 0 saturated carbocycles. The lowest BCUT2D eigenvalue weighted by atomic mass is 10.1. The SMILES string of the molecule is CC(C)c1cc(Br)c(N)cn1. The van der Waals surface area contributed by atoms with Gasteiger partial charge in [0.15, 0.2) is 0 Å². The molecular formula is C8H11BrN2. The molecule has 60 valence electrons. The molecule has 0 amide bonds. The van der Waals surface area contributed by atoms with E-state index in [1.807, 2.05) is 6.07 Å². The number of anilines is 1. The lowest BCUT2D eigenvalue weighted by molar-refractivity contribution is 0.822. The van der Waals surface area contributed by atoms with E-state index in [0.29, 0.717) is 11.6 Å². The van der Waals surface area contributed by atoms with Crippen molar-refractivity contribution in [1.29, 1.82) is 0 Å². The van der Waals surface area contributed by atoms with Crippen LogP contribution >= 0.6 is 15.9 Å². The van der Waals surface area contributed by atoms with Gasteiger partial charge in [0.2, 0.25) is 0 Å². The largest absolute Gasteiger partial charge is 0.397 e. The lowest BCUT2D eigenvalue weighted by Gasteiger charge is -2.05. The second kappa shape index (κ2) is 3.22. The minimum absolute atomic E-state index is 0.451. The second-order valence-electron chi connectivity index (χ2n) is 2.79. The summed E-state index contributed by atoms with van der Waals surface area (Å²) in [7, 11) is 0. The summed E-state index contributed by atoms with van der Waals surface area (Å²) < 4.78 is 0.927. The first kappa shape index (κ1) is 8.53. The highest BCUT2D eigenvalue weighted by Gasteiger charge is 2.02. The fourth-order valence-corrected chi connectivity index (χ4v) is 1.11. The first-order valence-corrected chi connectivity index (χ1v) is 4.31. The fourth-order valence-electron chi connectivity index (χ4n) is 0.772. The van der Waals surface area contributed by atoms with Crippen molar-refractivity contribution in [3.8, 4) is 0 Å². The zero-order chi connectivity index (χ0) is 8.43. The van der Waals surface area contributed by atoms with Gasteiger partial charge in [-0.05, 0) is 27.9 Å². The fraction of sp³-hybridized carbons (Fsp3) is 0.375. The van der Waals surface area contributed by atoms with Gasteiger partial charge in [0.05, 0.1) is 11.9 Å². The van der Waals surface area contributed by atoms with E-state index >= 15 is 0 Å². The van der Waals surface area contributed by atoms with Gasteiger partial charge in [0.25, 0.3) is 0 Å². The van der Waals surface area contributed by atoms with Gasteiger partial charge in [-0.3, -0.25) is 4.98 Å². The molecule has 0 aliphatic heterocycles. The Kier molecular flexibility index (Phi) is 2.49. The van der Waals surface area contributed by atoms with Crippen LogP contribution in [0.25, 0.3) is 0 Å². The number of aromatic nitrogens is 1. The van der Waals surface area contributed by atoms with Crippen molar-refractivity contribution in [3.05, 3.63) is 22.4 Å². The average molecular weight is 215 g/mol.